The predicted octanol–water partition coefficient (Wildman–Crippen LogP) is 4.20. The van der Waals surface area contributed by atoms with Gasteiger partial charge in [-0.05, 0) is 48.2 Å². The molecule has 2 aromatic rings. The van der Waals surface area contributed by atoms with Crippen LogP contribution in [0, 0.1) is 5.92 Å². The number of nitrogens with zero attached hydrogens (tertiary/aromatic N) is 1. The summed E-state index contributed by atoms with van der Waals surface area (Å²) in [5, 5.41) is 6.01. The Kier molecular flexibility index (Phi) is 9.00. The number of nitrogens with one attached hydrogen (secondary N) is 2. The first-order valence-corrected chi connectivity index (χ1v) is 10.4. The quantitative estimate of drug-likeness (QED) is 0.603. The van der Waals surface area contributed by atoms with Crippen LogP contribution in [-0.4, -0.2) is 50.7 Å². The lowest BCUT2D eigenvalue weighted by molar-refractivity contribution is -0.132. The molecular formula is C23H30ClN3O4. The van der Waals surface area contributed by atoms with Crippen LogP contribution in [0.2, 0.25) is 5.02 Å². The zero-order valence-corrected chi connectivity index (χ0v) is 19.3. The van der Waals surface area contributed by atoms with Gasteiger partial charge in [-0.15, -0.1) is 0 Å². The number of benzene rings is 2. The van der Waals surface area contributed by atoms with E-state index in [2.05, 4.69) is 10.6 Å². The largest absolute Gasteiger partial charge is 0.493 e. The number of carbonyl (C=O) groups excluding carboxylic acids is 2. The SMILES string of the molecule is COc1ccc(CCN(C)C(=O)C(NC(=O)Nc2cccc(Cl)c2)C(C)C)cc1OC. The molecule has 1 unspecified atom stereocenters. The van der Waals surface area contributed by atoms with Crippen molar-refractivity contribution in [1.82, 2.24) is 10.2 Å². The van der Waals surface area contributed by atoms with Gasteiger partial charge in [-0.1, -0.05) is 37.6 Å². The Bertz CT molecular complexity index is 904. The first-order chi connectivity index (χ1) is 14.7. The van der Waals surface area contributed by atoms with Crippen molar-refractivity contribution >= 4 is 29.2 Å². The fourth-order valence-electron chi connectivity index (χ4n) is 3.07. The molecule has 2 N–H and O–H groups in total. The molecule has 168 valence electrons. The fraction of sp³-hybridized carbons (Fsp3) is 0.391. The van der Waals surface area contributed by atoms with Crippen LogP contribution in [0.15, 0.2) is 42.5 Å². The summed E-state index contributed by atoms with van der Waals surface area (Å²) in [4.78, 5) is 27.0. The van der Waals surface area contributed by atoms with Crippen LogP contribution < -0.4 is 20.1 Å². The molecule has 7 nitrogen and oxygen atoms in total. The Morgan fingerprint density at radius 1 is 1.06 bits per heavy atom. The van der Waals surface area contributed by atoms with E-state index in [4.69, 9.17) is 21.1 Å². The number of carbonyl (C=O) groups is 2. The van der Waals surface area contributed by atoms with Crippen LogP contribution in [0.1, 0.15) is 19.4 Å². The molecule has 31 heavy (non-hydrogen) atoms. The summed E-state index contributed by atoms with van der Waals surface area (Å²) in [6, 6.07) is 11.4. The number of anilines is 1. The summed E-state index contributed by atoms with van der Waals surface area (Å²) in [5.41, 5.74) is 1.58. The summed E-state index contributed by atoms with van der Waals surface area (Å²) in [6.07, 6.45) is 0.641. The van der Waals surface area contributed by atoms with Gasteiger partial charge in [0.1, 0.15) is 6.04 Å². The van der Waals surface area contributed by atoms with Crippen LogP contribution in [0.4, 0.5) is 10.5 Å². The smallest absolute Gasteiger partial charge is 0.319 e. The molecule has 8 heteroatoms. The Balaban J connectivity index is 1.98. The highest BCUT2D eigenvalue weighted by Crippen LogP contribution is 2.27. The molecule has 0 spiro atoms. The van der Waals surface area contributed by atoms with Gasteiger partial charge in [-0.3, -0.25) is 4.79 Å². The number of amides is 3. The van der Waals surface area contributed by atoms with Crippen molar-refractivity contribution in [3.63, 3.8) is 0 Å². The zero-order valence-electron chi connectivity index (χ0n) is 18.6. The maximum absolute atomic E-state index is 13.0. The Morgan fingerprint density at radius 2 is 1.77 bits per heavy atom. The number of urea groups is 1. The lowest BCUT2D eigenvalue weighted by Crippen LogP contribution is -2.51. The monoisotopic (exact) mass is 447 g/mol. The molecule has 1 atom stereocenters. The minimum atomic E-state index is -0.658. The second kappa shape index (κ2) is 11.5. The van der Waals surface area contributed by atoms with E-state index >= 15 is 0 Å². The number of hydrogen-bond donors (Lipinski definition) is 2. The van der Waals surface area contributed by atoms with E-state index in [1.54, 1.807) is 50.4 Å². The second-order valence-electron chi connectivity index (χ2n) is 7.53. The van der Waals surface area contributed by atoms with E-state index in [0.717, 1.165) is 5.56 Å². The van der Waals surface area contributed by atoms with Crippen molar-refractivity contribution in [1.29, 1.82) is 0 Å². The topological polar surface area (TPSA) is 79.9 Å². The van der Waals surface area contributed by atoms with E-state index < -0.39 is 12.1 Å². The minimum absolute atomic E-state index is 0.0823. The van der Waals surface area contributed by atoms with Gasteiger partial charge in [-0.25, -0.2) is 4.79 Å². The number of halogens is 1. The number of hydrogen-bond acceptors (Lipinski definition) is 4. The molecule has 0 saturated heterocycles. The third-order valence-corrected chi connectivity index (χ3v) is 5.10. The van der Waals surface area contributed by atoms with E-state index in [-0.39, 0.29) is 11.8 Å². The average Bonchev–Trinajstić information content (AvgIpc) is 2.74. The molecule has 0 radical (unpaired) electrons. The summed E-state index contributed by atoms with van der Waals surface area (Å²) in [7, 11) is 4.91. The van der Waals surface area contributed by atoms with Crippen molar-refractivity contribution in [2.45, 2.75) is 26.3 Å². The van der Waals surface area contributed by atoms with Crippen LogP contribution in [0.3, 0.4) is 0 Å². The zero-order chi connectivity index (χ0) is 23.0. The maximum Gasteiger partial charge on any atom is 0.319 e. The molecule has 2 aromatic carbocycles. The molecule has 3 amide bonds. The molecule has 0 saturated carbocycles. The van der Waals surface area contributed by atoms with Crippen molar-refractivity contribution in [2.75, 3.05) is 33.1 Å². The van der Waals surface area contributed by atoms with Gasteiger partial charge >= 0.3 is 6.03 Å². The summed E-state index contributed by atoms with van der Waals surface area (Å²) < 4.78 is 10.6. The van der Waals surface area contributed by atoms with Gasteiger partial charge in [0.05, 0.1) is 14.2 Å². The molecule has 0 heterocycles. The Hall–Kier alpha value is -2.93. The average molecular weight is 448 g/mol. The summed E-state index contributed by atoms with van der Waals surface area (Å²) >= 11 is 5.95. The number of ether oxygens (including phenoxy) is 2. The van der Waals surface area contributed by atoms with Gasteiger partial charge in [0, 0.05) is 24.3 Å². The molecule has 0 aliphatic heterocycles. The van der Waals surface area contributed by atoms with Gasteiger partial charge in [0.15, 0.2) is 11.5 Å². The third-order valence-electron chi connectivity index (χ3n) is 4.86. The molecule has 0 bridgehead atoms. The van der Waals surface area contributed by atoms with Crippen molar-refractivity contribution < 1.29 is 19.1 Å². The van der Waals surface area contributed by atoms with Crippen LogP contribution in [0.25, 0.3) is 0 Å². The van der Waals surface area contributed by atoms with Gasteiger partial charge in [0.2, 0.25) is 5.91 Å². The number of methoxy groups -OCH3 is 2. The van der Waals surface area contributed by atoms with Crippen molar-refractivity contribution in [3.8, 4) is 11.5 Å². The molecule has 0 fully saturated rings. The van der Waals surface area contributed by atoms with E-state index in [1.165, 1.54) is 0 Å². The van der Waals surface area contributed by atoms with Crippen LogP contribution in [0.5, 0.6) is 11.5 Å². The molecule has 2 rings (SSSR count). The summed E-state index contributed by atoms with van der Waals surface area (Å²) in [5.74, 6) is 1.07. The molecule has 0 aromatic heterocycles. The Morgan fingerprint density at radius 3 is 2.39 bits per heavy atom. The first-order valence-electron chi connectivity index (χ1n) is 10.0. The fourth-order valence-corrected chi connectivity index (χ4v) is 3.26. The lowest BCUT2D eigenvalue weighted by Gasteiger charge is -2.27. The number of likely N-dealkylation sites (N-methyl/N-ethyl adjacent to an activating group) is 1. The van der Waals surface area contributed by atoms with E-state index in [1.807, 2.05) is 32.0 Å². The minimum Gasteiger partial charge on any atom is -0.493 e. The third kappa shape index (κ3) is 7.07. The standard InChI is InChI=1S/C23H30ClN3O4/c1-15(2)21(26-23(29)25-18-8-6-7-17(24)14-18)22(28)27(3)12-11-16-9-10-19(30-4)20(13-16)31-5/h6-10,13-15,21H,11-12H2,1-5H3,(H2,25,26,29). The lowest BCUT2D eigenvalue weighted by atomic mass is 10.0. The van der Waals surface area contributed by atoms with E-state index in [0.29, 0.717) is 35.2 Å². The normalized spacial score (nSPS) is 11.6. The predicted molar refractivity (Wildman–Crippen MR) is 123 cm³/mol. The van der Waals surface area contributed by atoms with Crippen molar-refractivity contribution in [3.05, 3.63) is 53.1 Å². The van der Waals surface area contributed by atoms with Gasteiger partial charge < -0.3 is 25.0 Å². The van der Waals surface area contributed by atoms with Gasteiger partial charge in [-0.2, -0.15) is 0 Å². The Labute approximate surface area is 188 Å². The van der Waals surface area contributed by atoms with Crippen LogP contribution in [-0.2, 0) is 11.2 Å². The number of rotatable bonds is 9. The molecule has 0 aliphatic carbocycles. The summed E-state index contributed by atoms with van der Waals surface area (Å²) in [6.45, 7) is 4.28. The highest BCUT2D eigenvalue weighted by atomic mass is 35.5. The van der Waals surface area contributed by atoms with E-state index in [9.17, 15) is 9.59 Å². The van der Waals surface area contributed by atoms with Crippen molar-refractivity contribution in [2.24, 2.45) is 5.92 Å². The molecular weight excluding hydrogens is 418 g/mol. The highest BCUT2D eigenvalue weighted by Gasteiger charge is 2.27. The second-order valence-corrected chi connectivity index (χ2v) is 7.97. The first kappa shape index (κ1) is 24.3. The van der Waals surface area contributed by atoms with Crippen LogP contribution >= 0.6 is 11.6 Å². The maximum atomic E-state index is 13.0. The molecule has 0 aliphatic rings. The highest BCUT2D eigenvalue weighted by molar-refractivity contribution is 6.30. The van der Waals surface area contributed by atoms with Gasteiger partial charge in [0.25, 0.3) is 0 Å².